The normalized spacial score (nSPS) is 13.6. The van der Waals surface area contributed by atoms with E-state index in [-0.39, 0.29) is 6.79 Å². The highest BCUT2D eigenvalue weighted by atomic mass is 16.7. The van der Waals surface area contributed by atoms with Gasteiger partial charge in [-0.1, -0.05) is 30.3 Å². The molecule has 0 spiro atoms. The summed E-state index contributed by atoms with van der Waals surface area (Å²) in [5, 5.41) is 3.17. The fourth-order valence-corrected chi connectivity index (χ4v) is 2.53. The molecule has 1 amide bonds. The first-order chi connectivity index (χ1) is 11.2. The monoisotopic (exact) mass is 314 g/mol. The largest absolute Gasteiger partial charge is 0.493 e. The maximum Gasteiger partial charge on any atom is 0.239 e. The Hall–Kier alpha value is -2.73. The molecule has 3 N–H and O–H groups in total. The Bertz CT molecular complexity index is 703. The summed E-state index contributed by atoms with van der Waals surface area (Å²) < 4.78 is 16.1. The van der Waals surface area contributed by atoms with Crippen LogP contribution in [0.25, 0.3) is 0 Å². The van der Waals surface area contributed by atoms with Crippen molar-refractivity contribution >= 4 is 5.91 Å². The molecule has 1 aliphatic heterocycles. The molecule has 1 aliphatic rings. The highest BCUT2D eigenvalue weighted by Gasteiger charge is 2.21. The molecule has 0 fully saturated rings. The van der Waals surface area contributed by atoms with E-state index < -0.39 is 11.9 Å². The molecule has 23 heavy (non-hydrogen) atoms. The molecule has 1 atom stereocenters. The van der Waals surface area contributed by atoms with Crippen molar-refractivity contribution in [1.82, 2.24) is 5.32 Å². The number of hydrogen-bond donors (Lipinski definition) is 2. The summed E-state index contributed by atoms with van der Waals surface area (Å²) in [6.45, 7) is 0.617. The van der Waals surface area contributed by atoms with Crippen LogP contribution in [-0.2, 0) is 11.3 Å². The molecule has 0 unspecified atom stereocenters. The minimum atomic E-state index is -0.562. The van der Waals surface area contributed by atoms with Crippen LogP contribution in [0.15, 0.2) is 42.5 Å². The second-order valence-corrected chi connectivity index (χ2v) is 5.16. The van der Waals surface area contributed by atoms with Crippen LogP contribution in [0.4, 0.5) is 0 Å². The lowest BCUT2D eigenvalue weighted by Gasteiger charge is -2.16. The van der Waals surface area contributed by atoms with Crippen molar-refractivity contribution in [3.63, 3.8) is 0 Å². The predicted molar refractivity (Wildman–Crippen MR) is 84.3 cm³/mol. The van der Waals surface area contributed by atoms with Gasteiger partial charge < -0.3 is 19.9 Å². The van der Waals surface area contributed by atoms with Crippen LogP contribution in [0.3, 0.4) is 0 Å². The number of fused-ring (bicyclic) bond motifs is 1. The van der Waals surface area contributed by atoms with E-state index >= 15 is 0 Å². The first-order valence-corrected chi connectivity index (χ1v) is 7.23. The Labute approximate surface area is 134 Å². The van der Waals surface area contributed by atoms with Gasteiger partial charge in [-0.25, -0.2) is 0 Å². The third kappa shape index (κ3) is 3.22. The fourth-order valence-electron chi connectivity index (χ4n) is 2.53. The average molecular weight is 314 g/mol. The maximum absolute atomic E-state index is 11.7. The molecular weight excluding hydrogens is 296 g/mol. The lowest BCUT2D eigenvalue weighted by atomic mass is 10.1. The first kappa shape index (κ1) is 15.2. The van der Waals surface area contributed by atoms with E-state index in [4.69, 9.17) is 19.9 Å². The summed E-state index contributed by atoms with van der Waals surface area (Å²) >= 11 is 0. The Morgan fingerprint density at radius 1 is 1.30 bits per heavy atom. The minimum Gasteiger partial charge on any atom is -0.493 e. The van der Waals surface area contributed by atoms with E-state index in [1.165, 1.54) is 0 Å². The number of nitrogens with two attached hydrogens (primary N) is 1. The summed E-state index contributed by atoms with van der Waals surface area (Å²) in [6.07, 6.45) is 0. The molecule has 3 rings (SSSR count). The second-order valence-electron chi connectivity index (χ2n) is 5.16. The van der Waals surface area contributed by atoms with E-state index in [9.17, 15) is 4.79 Å². The molecule has 0 aliphatic carbocycles. The lowest BCUT2D eigenvalue weighted by molar-refractivity contribution is -0.120. The zero-order valence-corrected chi connectivity index (χ0v) is 12.7. The molecule has 6 heteroatoms. The number of hydrogen-bond acceptors (Lipinski definition) is 5. The zero-order valence-electron chi connectivity index (χ0n) is 12.7. The van der Waals surface area contributed by atoms with Crippen molar-refractivity contribution in [3.05, 3.63) is 53.6 Å². The van der Waals surface area contributed by atoms with E-state index in [2.05, 4.69) is 5.32 Å². The number of primary amides is 1. The van der Waals surface area contributed by atoms with Crippen molar-refractivity contribution < 1.29 is 19.0 Å². The van der Waals surface area contributed by atoms with Crippen LogP contribution in [0.2, 0.25) is 0 Å². The van der Waals surface area contributed by atoms with Gasteiger partial charge in [0.15, 0.2) is 11.5 Å². The lowest BCUT2D eigenvalue weighted by Crippen LogP contribution is -2.33. The number of ether oxygens (including phenoxy) is 3. The molecule has 0 aromatic heterocycles. The van der Waals surface area contributed by atoms with Crippen molar-refractivity contribution in [3.8, 4) is 17.2 Å². The summed E-state index contributed by atoms with van der Waals surface area (Å²) in [5.41, 5.74) is 7.25. The summed E-state index contributed by atoms with van der Waals surface area (Å²) in [5.74, 6) is 1.42. The maximum atomic E-state index is 11.7. The van der Waals surface area contributed by atoms with Gasteiger partial charge in [-0.2, -0.15) is 0 Å². The number of nitrogens with one attached hydrogen (secondary N) is 1. The first-order valence-electron chi connectivity index (χ1n) is 7.23. The highest BCUT2D eigenvalue weighted by molar-refractivity contribution is 5.81. The number of amides is 1. The number of methoxy groups -OCH3 is 1. The SMILES string of the molecule is COc1cc(CN[C@@H](C(N)=O)c2ccccc2)cc2c1OCO2. The Kier molecular flexibility index (Phi) is 4.34. The Morgan fingerprint density at radius 2 is 2.09 bits per heavy atom. The smallest absolute Gasteiger partial charge is 0.239 e. The fraction of sp³-hybridized carbons (Fsp3) is 0.235. The standard InChI is InChI=1S/C17H18N2O4/c1-21-13-7-11(8-14-16(13)23-10-22-14)9-19-15(17(18)20)12-5-3-2-4-6-12/h2-8,15,19H,9-10H2,1H3,(H2,18,20)/t15-/m1/s1. The van der Waals surface area contributed by atoms with Gasteiger partial charge in [-0.05, 0) is 23.3 Å². The molecule has 6 nitrogen and oxygen atoms in total. The number of benzene rings is 2. The molecule has 2 aromatic carbocycles. The third-order valence-corrected chi connectivity index (χ3v) is 3.65. The van der Waals surface area contributed by atoms with Crippen LogP contribution in [-0.4, -0.2) is 19.8 Å². The van der Waals surface area contributed by atoms with Crippen LogP contribution >= 0.6 is 0 Å². The van der Waals surface area contributed by atoms with Gasteiger partial charge >= 0.3 is 0 Å². The Balaban J connectivity index is 1.78. The number of rotatable bonds is 6. The Morgan fingerprint density at radius 3 is 2.78 bits per heavy atom. The molecule has 0 saturated carbocycles. The van der Waals surface area contributed by atoms with Crippen LogP contribution in [0, 0.1) is 0 Å². The van der Waals surface area contributed by atoms with Gasteiger partial charge in [0.2, 0.25) is 18.4 Å². The summed E-state index contributed by atoms with van der Waals surface area (Å²) in [7, 11) is 1.57. The van der Waals surface area contributed by atoms with Gasteiger partial charge in [0.1, 0.15) is 6.04 Å². The zero-order chi connectivity index (χ0) is 16.2. The molecular formula is C17H18N2O4. The van der Waals surface area contributed by atoms with Crippen LogP contribution in [0.5, 0.6) is 17.2 Å². The van der Waals surface area contributed by atoms with Crippen molar-refractivity contribution in [2.45, 2.75) is 12.6 Å². The highest BCUT2D eigenvalue weighted by Crippen LogP contribution is 2.41. The van der Waals surface area contributed by atoms with Crippen molar-refractivity contribution in [1.29, 1.82) is 0 Å². The van der Waals surface area contributed by atoms with Gasteiger partial charge in [0, 0.05) is 6.54 Å². The second kappa shape index (κ2) is 6.58. The van der Waals surface area contributed by atoms with Gasteiger partial charge in [0.25, 0.3) is 0 Å². The summed E-state index contributed by atoms with van der Waals surface area (Å²) in [4.78, 5) is 11.7. The van der Waals surface area contributed by atoms with E-state index in [1.54, 1.807) is 7.11 Å². The molecule has 120 valence electrons. The third-order valence-electron chi connectivity index (χ3n) is 3.65. The van der Waals surface area contributed by atoms with Crippen LogP contribution in [0.1, 0.15) is 17.2 Å². The quantitative estimate of drug-likeness (QED) is 0.848. The van der Waals surface area contributed by atoms with E-state index in [0.29, 0.717) is 23.8 Å². The van der Waals surface area contributed by atoms with Crippen LogP contribution < -0.4 is 25.3 Å². The molecule has 0 bridgehead atoms. The minimum absolute atomic E-state index is 0.177. The van der Waals surface area contributed by atoms with E-state index in [0.717, 1.165) is 11.1 Å². The van der Waals surface area contributed by atoms with Crippen molar-refractivity contribution in [2.75, 3.05) is 13.9 Å². The van der Waals surface area contributed by atoms with Crippen molar-refractivity contribution in [2.24, 2.45) is 5.73 Å². The topological polar surface area (TPSA) is 82.8 Å². The molecule has 0 saturated heterocycles. The average Bonchev–Trinajstić information content (AvgIpc) is 3.03. The molecule has 1 heterocycles. The van der Waals surface area contributed by atoms with Gasteiger partial charge in [-0.3, -0.25) is 10.1 Å². The van der Waals surface area contributed by atoms with Gasteiger partial charge in [0.05, 0.1) is 7.11 Å². The van der Waals surface area contributed by atoms with Gasteiger partial charge in [-0.15, -0.1) is 0 Å². The molecule has 2 aromatic rings. The summed E-state index contributed by atoms with van der Waals surface area (Å²) in [6, 6.07) is 12.5. The predicted octanol–water partition coefficient (Wildman–Crippen LogP) is 1.74. The molecule has 0 radical (unpaired) electrons. The van der Waals surface area contributed by atoms with E-state index in [1.807, 2.05) is 42.5 Å². The number of carbonyl (C=O) groups is 1. The number of carbonyl (C=O) groups excluding carboxylic acids is 1.